The predicted octanol–water partition coefficient (Wildman–Crippen LogP) is 3.39. The largest absolute Gasteiger partial charge is 0.396 e. The maximum absolute atomic E-state index is 13.0. The van der Waals surface area contributed by atoms with Gasteiger partial charge in [0.15, 0.2) is 0 Å². The number of imide groups is 1. The summed E-state index contributed by atoms with van der Waals surface area (Å²) in [5.41, 5.74) is 5.22. The summed E-state index contributed by atoms with van der Waals surface area (Å²) >= 11 is 0. The van der Waals surface area contributed by atoms with Gasteiger partial charge in [-0.15, -0.1) is 0 Å². The van der Waals surface area contributed by atoms with Crippen LogP contribution in [0, 0.1) is 6.92 Å². The van der Waals surface area contributed by atoms with E-state index >= 15 is 0 Å². The number of hydrogen-bond donors (Lipinski definition) is 2. The van der Waals surface area contributed by atoms with Crippen molar-refractivity contribution >= 4 is 44.8 Å². The summed E-state index contributed by atoms with van der Waals surface area (Å²) in [4.78, 5) is 26.1. The van der Waals surface area contributed by atoms with Gasteiger partial charge < -0.3 is 14.2 Å². The zero-order valence-corrected chi connectivity index (χ0v) is 17.5. The van der Waals surface area contributed by atoms with Gasteiger partial charge in [0.2, 0.25) is 0 Å². The number of nitrogens with one attached hydrogen (secondary N) is 1. The Balaban J connectivity index is 1.84. The minimum atomic E-state index is -0.381. The van der Waals surface area contributed by atoms with E-state index in [2.05, 4.69) is 11.4 Å². The molecule has 0 aliphatic carbocycles. The molecule has 0 radical (unpaired) electrons. The molecule has 0 spiro atoms. The molecule has 0 saturated heterocycles. The van der Waals surface area contributed by atoms with E-state index in [-0.39, 0.29) is 18.4 Å². The highest BCUT2D eigenvalue weighted by Crippen LogP contribution is 2.38. The molecule has 2 aromatic heterocycles. The number of aliphatic hydroxyl groups excluding tert-OH is 1. The Morgan fingerprint density at radius 3 is 2.52 bits per heavy atom. The summed E-state index contributed by atoms with van der Waals surface area (Å²) in [5, 5.41) is 13.7. The van der Waals surface area contributed by atoms with Crippen LogP contribution >= 0.6 is 0 Å². The molecule has 5 rings (SSSR count). The molecule has 2 amide bonds. The smallest absolute Gasteiger partial charge is 0.259 e. The van der Waals surface area contributed by atoms with Gasteiger partial charge in [0.25, 0.3) is 11.8 Å². The standard InChI is InChI=1S/C25H23N3O3/c1-15-12-16-8-10-27(2)23(16)18(13-15)21-22(25(31)26-24(21)30)19-14-28(9-5-11-29)20-7-4-3-6-17(19)20/h3-4,6-8,10,12-14,29H,5,9,11H2,1-2H3,(H,26,30,31). The molecule has 0 saturated carbocycles. The maximum atomic E-state index is 13.0. The van der Waals surface area contributed by atoms with Crippen LogP contribution in [0.4, 0.5) is 0 Å². The van der Waals surface area contributed by atoms with Crippen molar-refractivity contribution in [2.75, 3.05) is 6.61 Å². The third-order valence-corrected chi connectivity index (χ3v) is 5.93. The van der Waals surface area contributed by atoms with Crippen LogP contribution in [0.25, 0.3) is 33.0 Å². The number of para-hydroxylation sites is 1. The van der Waals surface area contributed by atoms with Crippen molar-refractivity contribution in [2.24, 2.45) is 7.05 Å². The first kappa shape index (κ1) is 19.3. The quantitative estimate of drug-likeness (QED) is 0.493. The molecule has 1 aliphatic heterocycles. The fourth-order valence-corrected chi connectivity index (χ4v) is 4.63. The SMILES string of the molecule is Cc1cc(C2=C(c3cn(CCCO)c4ccccc34)C(=O)NC2=O)c2c(ccn2C)c1. The molecule has 6 heteroatoms. The van der Waals surface area contributed by atoms with Crippen LogP contribution in [-0.4, -0.2) is 32.7 Å². The number of carbonyl (C=O) groups is 2. The monoisotopic (exact) mass is 413 g/mol. The number of carbonyl (C=O) groups excluding carboxylic acids is 2. The summed E-state index contributed by atoms with van der Waals surface area (Å²) in [6.07, 6.45) is 4.49. The van der Waals surface area contributed by atoms with Crippen LogP contribution in [-0.2, 0) is 23.2 Å². The first-order chi connectivity index (χ1) is 15.0. The summed E-state index contributed by atoms with van der Waals surface area (Å²) in [6.45, 7) is 2.71. The highest BCUT2D eigenvalue weighted by molar-refractivity contribution is 6.50. The number of aromatic nitrogens is 2. The predicted molar refractivity (Wildman–Crippen MR) is 121 cm³/mol. The molecule has 0 bridgehead atoms. The lowest BCUT2D eigenvalue weighted by Gasteiger charge is -2.10. The minimum Gasteiger partial charge on any atom is -0.396 e. The summed E-state index contributed by atoms with van der Waals surface area (Å²) < 4.78 is 4.02. The molecule has 1 aliphatic rings. The molecule has 3 heterocycles. The van der Waals surface area contributed by atoms with E-state index in [0.717, 1.165) is 38.5 Å². The molecule has 2 aromatic carbocycles. The van der Waals surface area contributed by atoms with Gasteiger partial charge in [0.05, 0.1) is 16.7 Å². The maximum Gasteiger partial charge on any atom is 0.259 e. The van der Waals surface area contributed by atoms with Gasteiger partial charge in [-0.05, 0) is 43.2 Å². The van der Waals surface area contributed by atoms with Gasteiger partial charge in [-0.2, -0.15) is 0 Å². The van der Waals surface area contributed by atoms with Crippen molar-refractivity contribution in [3.8, 4) is 0 Å². The van der Waals surface area contributed by atoms with Gasteiger partial charge >= 0.3 is 0 Å². The second-order valence-electron chi connectivity index (χ2n) is 8.04. The second kappa shape index (κ2) is 7.25. The summed E-state index contributed by atoms with van der Waals surface area (Å²) in [6, 6.07) is 13.9. The Labute approximate surface area is 179 Å². The number of aliphatic hydroxyl groups is 1. The van der Waals surface area contributed by atoms with Crippen molar-refractivity contribution in [3.63, 3.8) is 0 Å². The van der Waals surface area contributed by atoms with E-state index < -0.39 is 0 Å². The van der Waals surface area contributed by atoms with Crippen molar-refractivity contribution < 1.29 is 14.7 Å². The lowest BCUT2D eigenvalue weighted by molar-refractivity contribution is -0.122. The second-order valence-corrected chi connectivity index (χ2v) is 8.04. The third-order valence-electron chi connectivity index (χ3n) is 5.93. The normalized spacial score (nSPS) is 14.3. The zero-order valence-electron chi connectivity index (χ0n) is 17.5. The number of benzene rings is 2. The van der Waals surface area contributed by atoms with Crippen LogP contribution in [0.1, 0.15) is 23.1 Å². The van der Waals surface area contributed by atoms with Crippen molar-refractivity contribution in [1.82, 2.24) is 14.5 Å². The highest BCUT2D eigenvalue weighted by atomic mass is 16.3. The van der Waals surface area contributed by atoms with E-state index in [1.807, 2.05) is 71.9 Å². The Kier molecular flexibility index (Phi) is 4.52. The number of fused-ring (bicyclic) bond motifs is 2. The topological polar surface area (TPSA) is 76.3 Å². The Hall–Kier alpha value is -3.64. The number of hydrogen-bond acceptors (Lipinski definition) is 3. The number of rotatable bonds is 5. The van der Waals surface area contributed by atoms with Crippen molar-refractivity contribution in [2.45, 2.75) is 19.9 Å². The highest BCUT2D eigenvalue weighted by Gasteiger charge is 2.35. The molecular weight excluding hydrogens is 390 g/mol. The van der Waals surface area contributed by atoms with Crippen LogP contribution in [0.5, 0.6) is 0 Å². The molecular formula is C25H23N3O3. The zero-order chi connectivity index (χ0) is 21.7. The van der Waals surface area contributed by atoms with Crippen LogP contribution < -0.4 is 5.32 Å². The van der Waals surface area contributed by atoms with Crippen molar-refractivity contribution in [1.29, 1.82) is 0 Å². The molecule has 6 nitrogen and oxygen atoms in total. The van der Waals surface area contributed by atoms with Crippen molar-refractivity contribution in [3.05, 3.63) is 71.5 Å². The Morgan fingerprint density at radius 2 is 1.74 bits per heavy atom. The number of nitrogens with zero attached hydrogens (tertiary/aromatic N) is 2. The lowest BCUT2D eigenvalue weighted by Crippen LogP contribution is -2.22. The van der Waals surface area contributed by atoms with E-state index in [0.29, 0.717) is 24.1 Å². The molecule has 0 fully saturated rings. The van der Waals surface area contributed by atoms with Crippen LogP contribution in [0.3, 0.4) is 0 Å². The van der Waals surface area contributed by atoms with E-state index in [4.69, 9.17) is 0 Å². The number of aryl methyl sites for hydroxylation is 3. The van der Waals surface area contributed by atoms with Gasteiger partial charge in [-0.1, -0.05) is 18.2 Å². The van der Waals surface area contributed by atoms with Gasteiger partial charge in [-0.25, -0.2) is 0 Å². The average molecular weight is 413 g/mol. The first-order valence-corrected chi connectivity index (χ1v) is 10.3. The first-order valence-electron chi connectivity index (χ1n) is 10.3. The van der Waals surface area contributed by atoms with Gasteiger partial charge in [-0.3, -0.25) is 14.9 Å². The molecule has 4 aromatic rings. The minimum absolute atomic E-state index is 0.0868. The fraction of sp³-hybridized carbons (Fsp3) is 0.200. The molecule has 0 atom stereocenters. The molecule has 31 heavy (non-hydrogen) atoms. The molecule has 156 valence electrons. The summed E-state index contributed by atoms with van der Waals surface area (Å²) in [7, 11) is 1.94. The van der Waals surface area contributed by atoms with Gasteiger partial charge in [0.1, 0.15) is 0 Å². The Bertz CT molecular complexity index is 1400. The average Bonchev–Trinajstić information content (AvgIpc) is 3.39. The third kappa shape index (κ3) is 2.99. The fourth-order valence-electron chi connectivity index (χ4n) is 4.63. The van der Waals surface area contributed by atoms with Crippen LogP contribution in [0.15, 0.2) is 54.9 Å². The van der Waals surface area contributed by atoms with E-state index in [1.165, 1.54) is 0 Å². The van der Waals surface area contributed by atoms with Crippen LogP contribution in [0.2, 0.25) is 0 Å². The summed E-state index contributed by atoms with van der Waals surface area (Å²) in [5.74, 6) is -0.755. The number of amides is 2. The molecule has 0 unspecified atom stereocenters. The molecule has 2 N–H and O–H groups in total. The lowest BCUT2D eigenvalue weighted by atomic mass is 9.93. The Morgan fingerprint density at radius 1 is 1.00 bits per heavy atom. The van der Waals surface area contributed by atoms with E-state index in [1.54, 1.807) is 0 Å². The van der Waals surface area contributed by atoms with E-state index in [9.17, 15) is 14.7 Å². The van der Waals surface area contributed by atoms with Gasteiger partial charge in [0, 0.05) is 60.0 Å².